The fourth-order valence-corrected chi connectivity index (χ4v) is 2.77. The number of amidine groups is 1. The molecular weight excluding hydrogens is 317 g/mol. The summed E-state index contributed by atoms with van der Waals surface area (Å²) in [5, 5.41) is 6.30. The third-order valence-corrected chi connectivity index (χ3v) is 3.96. The van der Waals surface area contributed by atoms with Crippen LogP contribution in [0.4, 0.5) is 0 Å². The van der Waals surface area contributed by atoms with Gasteiger partial charge in [0.25, 0.3) is 0 Å². The highest BCUT2D eigenvalue weighted by atomic mass is 35.5. The molecule has 8 heteroatoms. The number of aromatic nitrogens is 1. The summed E-state index contributed by atoms with van der Waals surface area (Å²) in [5.41, 5.74) is 1.18. The predicted octanol–water partition coefficient (Wildman–Crippen LogP) is 3.16. The van der Waals surface area contributed by atoms with Crippen molar-refractivity contribution in [2.75, 3.05) is 25.6 Å². The molecule has 0 aliphatic carbocycles. The lowest BCUT2D eigenvalue weighted by molar-refractivity contribution is 0.988. The van der Waals surface area contributed by atoms with Crippen molar-refractivity contribution in [3.8, 4) is 0 Å². The van der Waals surface area contributed by atoms with Gasteiger partial charge in [0.1, 0.15) is 0 Å². The smallest absolute Gasteiger partial charge is 0.156 e. The lowest BCUT2D eigenvalue weighted by Crippen LogP contribution is -2.22. The maximum atomic E-state index is 4.25. The van der Waals surface area contributed by atoms with Gasteiger partial charge in [-0.15, -0.1) is 24.8 Å². The van der Waals surface area contributed by atoms with E-state index >= 15 is 0 Å². The van der Waals surface area contributed by atoms with Gasteiger partial charge in [0.05, 0.1) is 5.69 Å². The Labute approximate surface area is 128 Å². The van der Waals surface area contributed by atoms with Gasteiger partial charge in [-0.1, -0.05) is 11.8 Å². The minimum atomic E-state index is 0. The molecule has 0 saturated carbocycles. The summed E-state index contributed by atoms with van der Waals surface area (Å²) in [6.45, 7) is 0.961. The molecular formula is C9H17Cl2N3S3. The summed E-state index contributed by atoms with van der Waals surface area (Å²) in [5.74, 6) is 2.08. The van der Waals surface area contributed by atoms with Gasteiger partial charge in [-0.25, -0.2) is 0 Å². The zero-order valence-corrected chi connectivity index (χ0v) is 13.8. The van der Waals surface area contributed by atoms with E-state index < -0.39 is 0 Å². The molecule has 0 aliphatic heterocycles. The minimum absolute atomic E-state index is 0. The molecule has 1 aromatic heterocycles. The Hall–Kier alpha value is 0.380. The zero-order chi connectivity index (χ0) is 10.9. The van der Waals surface area contributed by atoms with E-state index in [2.05, 4.69) is 20.7 Å². The molecule has 0 radical (unpaired) electrons. The largest absolute Gasteiger partial charge is 0.364 e. The second-order valence-electron chi connectivity index (χ2n) is 2.70. The quantitative estimate of drug-likeness (QED) is 0.510. The van der Waals surface area contributed by atoms with Crippen molar-refractivity contribution in [2.24, 2.45) is 4.99 Å². The van der Waals surface area contributed by atoms with Crippen molar-refractivity contribution in [3.63, 3.8) is 0 Å². The fraction of sp³-hybridized carbons (Fsp3) is 0.556. The van der Waals surface area contributed by atoms with Crippen LogP contribution in [0.15, 0.2) is 16.4 Å². The lowest BCUT2D eigenvalue weighted by atomic mass is 10.5. The highest BCUT2D eigenvalue weighted by molar-refractivity contribution is 8.13. The molecule has 1 rings (SSSR count). The Morgan fingerprint density at radius 2 is 2.29 bits per heavy atom. The number of aliphatic imine (C=N–C) groups is 1. The highest BCUT2D eigenvalue weighted by Gasteiger charge is 1.96. The number of thioether (sulfide) groups is 2. The molecule has 1 N–H and O–H groups in total. The van der Waals surface area contributed by atoms with Crippen LogP contribution in [0.1, 0.15) is 5.69 Å². The van der Waals surface area contributed by atoms with E-state index in [0.717, 1.165) is 23.2 Å². The number of nitrogens with one attached hydrogen (secondary N) is 1. The van der Waals surface area contributed by atoms with E-state index in [4.69, 9.17) is 0 Å². The second kappa shape index (κ2) is 12.8. The van der Waals surface area contributed by atoms with Crippen LogP contribution < -0.4 is 5.32 Å². The molecule has 3 nitrogen and oxygen atoms in total. The molecule has 0 bridgehead atoms. The summed E-state index contributed by atoms with van der Waals surface area (Å²) < 4.78 is 4.25. The number of nitrogens with zero attached hydrogens (tertiary/aromatic N) is 2. The van der Waals surface area contributed by atoms with Crippen molar-refractivity contribution >= 4 is 65.0 Å². The minimum Gasteiger partial charge on any atom is -0.364 e. The van der Waals surface area contributed by atoms with Gasteiger partial charge in [0.15, 0.2) is 5.17 Å². The van der Waals surface area contributed by atoms with E-state index in [-0.39, 0.29) is 24.8 Å². The van der Waals surface area contributed by atoms with Crippen LogP contribution in [0.2, 0.25) is 0 Å². The van der Waals surface area contributed by atoms with Gasteiger partial charge in [0, 0.05) is 30.5 Å². The topological polar surface area (TPSA) is 37.3 Å². The molecule has 17 heavy (non-hydrogen) atoms. The summed E-state index contributed by atoms with van der Waals surface area (Å²) in [6.07, 6.45) is 2.03. The van der Waals surface area contributed by atoms with Crippen molar-refractivity contribution in [1.82, 2.24) is 9.69 Å². The summed E-state index contributed by atoms with van der Waals surface area (Å²) >= 11 is 5.05. The Balaban J connectivity index is 0. The molecule has 0 spiro atoms. The van der Waals surface area contributed by atoms with Crippen molar-refractivity contribution in [2.45, 2.75) is 5.75 Å². The SMILES string of the molecule is CN=C(NCCSCc1ccsn1)SC.Cl.Cl. The molecule has 0 atom stereocenters. The van der Waals surface area contributed by atoms with E-state index in [1.807, 2.05) is 23.4 Å². The van der Waals surface area contributed by atoms with Crippen molar-refractivity contribution in [3.05, 3.63) is 17.1 Å². The zero-order valence-electron chi connectivity index (χ0n) is 9.71. The summed E-state index contributed by atoms with van der Waals surface area (Å²) in [4.78, 5) is 4.10. The molecule has 0 aliphatic rings. The second-order valence-corrected chi connectivity index (χ2v) is 5.27. The average molecular weight is 334 g/mol. The maximum Gasteiger partial charge on any atom is 0.156 e. The van der Waals surface area contributed by atoms with Gasteiger partial charge >= 0.3 is 0 Å². The van der Waals surface area contributed by atoms with Crippen molar-refractivity contribution < 1.29 is 0 Å². The van der Waals surface area contributed by atoms with Gasteiger partial charge in [-0.2, -0.15) is 16.1 Å². The molecule has 1 heterocycles. The Bertz CT molecular complexity index is 294. The number of hydrogen-bond donors (Lipinski definition) is 1. The first-order chi connectivity index (χ1) is 7.36. The summed E-state index contributed by atoms with van der Waals surface area (Å²) in [7, 11) is 1.81. The number of halogens is 2. The van der Waals surface area contributed by atoms with Crippen LogP contribution in [0.25, 0.3) is 0 Å². The van der Waals surface area contributed by atoms with Gasteiger partial charge in [-0.05, 0) is 23.9 Å². The van der Waals surface area contributed by atoms with Crippen LogP contribution in [-0.4, -0.2) is 35.1 Å². The van der Waals surface area contributed by atoms with Crippen LogP contribution in [0.3, 0.4) is 0 Å². The molecule has 0 unspecified atom stereocenters. The third kappa shape index (κ3) is 9.02. The van der Waals surface area contributed by atoms with Crippen LogP contribution in [0, 0.1) is 0 Å². The predicted molar refractivity (Wildman–Crippen MR) is 87.6 cm³/mol. The number of hydrogen-bond acceptors (Lipinski definition) is 5. The molecule has 0 saturated heterocycles. The van der Waals surface area contributed by atoms with E-state index in [1.165, 1.54) is 17.2 Å². The van der Waals surface area contributed by atoms with Gasteiger partial charge in [0.2, 0.25) is 0 Å². The van der Waals surface area contributed by atoms with Crippen LogP contribution in [-0.2, 0) is 5.75 Å². The first kappa shape index (κ1) is 19.7. The maximum absolute atomic E-state index is 4.25. The van der Waals surface area contributed by atoms with Crippen LogP contribution in [0.5, 0.6) is 0 Å². The molecule has 100 valence electrons. The Kier molecular flexibility index (Phi) is 14.9. The fourth-order valence-electron chi connectivity index (χ4n) is 0.961. The molecule has 0 amide bonds. The van der Waals surface area contributed by atoms with Crippen molar-refractivity contribution in [1.29, 1.82) is 0 Å². The van der Waals surface area contributed by atoms with E-state index in [1.54, 1.807) is 18.8 Å². The molecule has 0 aromatic carbocycles. The Morgan fingerprint density at radius 1 is 1.53 bits per heavy atom. The molecule has 0 fully saturated rings. The third-order valence-electron chi connectivity index (χ3n) is 1.66. The average Bonchev–Trinajstić information content (AvgIpc) is 2.76. The summed E-state index contributed by atoms with van der Waals surface area (Å²) in [6, 6.07) is 2.08. The first-order valence-corrected chi connectivity index (χ1v) is 7.80. The lowest BCUT2D eigenvalue weighted by Gasteiger charge is -2.05. The molecule has 1 aromatic rings. The standard InChI is InChI=1S/C9H15N3S3.2ClH/c1-10-9(13-2)11-4-6-14-7-8-3-5-15-12-8;;/h3,5H,4,6-7H2,1-2H3,(H,10,11);2*1H. The van der Waals surface area contributed by atoms with Gasteiger partial charge in [-0.3, -0.25) is 4.99 Å². The normalized spacial score (nSPS) is 10.4. The monoisotopic (exact) mass is 333 g/mol. The number of rotatable bonds is 5. The first-order valence-electron chi connectivity index (χ1n) is 4.58. The van der Waals surface area contributed by atoms with Crippen LogP contribution >= 0.6 is 59.9 Å². The van der Waals surface area contributed by atoms with E-state index in [9.17, 15) is 0 Å². The van der Waals surface area contributed by atoms with E-state index in [0.29, 0.717) is 0 Å². The Morgan fingerprint density at radius 3 is 2.82 bits per heavy atom. The van der Waals surface area contributed by atoms with Gasteiger partial charge < -0.3 is 5.32 Å². The highest BCUT2D eigenvalue weighted by Crippen LogP contribution is 2.10.